The van der Waals surface area contributed by atoms with Crippen LogP contribution in [0.3, 0.4) is 0 Å². The second-order valence-corrected chi connectivity index (χ2v) is 4.35. The lowest BCUT2D eigenvalue weighted by Gasteiger charge is -2.09. The number of nitrogens with one attached hydrogen (secondary N) is 1. The third-order valence-corrected chi connectivity index (χ3v) is 2.81. The minimum atomic E-state index is -0.640. The highest BCUT2D eigenvalue weighted by Gasteiger charge is 2.10. The molecule has 1 heterocycles. The first-order valence-corrected chi connectivity index (χ1v) is 6.29. The van der Waals surface area contributed by atoms with Crippen LogP contribution in [0.4, 0.5) is 15.8 Å². The van der Waals surface area contributed by atoms with Gasteiger partial charge < -0.3 is 9.88 Å². The zero-order valence-electron chi connectivity index (χ0n) is 11.0. The summed E-state index contributed by atoms with van der Waals surface area (Å²) in [6, 6.07) is 3.42. The lowest BCUT2D eigenvalue weighted by atomic mass is 10.2. The molecule has 0 aliphatic carbocycles. The van der Waals surface area contributed by atoms with Crippen molar-refractivity contribution in [3.05, 3.63) is 52.3 Å². The molecule has 106 valence electrons. The van der Waals surface area contributed by atoms with Gasteiger partial charge in [-0.3, -0.25) is 10.1 Å². The van der Waals surface area contributed by atoms with Crippen molar-refractivity contribution < 1.29 is 9.31 Å². The number of aromatic nitrogens is 2. The molecule has 0 unspecified atom stereocenters. The highest BCUT2D eigenvalue weighted by Crippen LogP contribution is 2.20. The second kappa shape index (κ2) is 6.14. The van der Waals surface area contributed by atoms with Crippen LogP contribution in [0.25, 0.3) is 0 Å². The summed E-state index contributed by atoms with van der Waals surface area (Å²) in [7, 11) is 0. The van der Waals surface area contributed by atoms with Crippen molar-refractivity contribution >= 4 is 11.4 Å². The molecule has 0 saturated carbocycles. The second-order valence-electron chi connectivity index (χ2n) is 4.35. The van der Waals surface area contributed by atoms with E-state index in [0.29, 0.717) is 12.2 Å². The third kappa shape index (κ3) is 3.31. The summed E-state index contributed by atoms with van der Waals surface area (Å²) in [4.78, 5) is 14.3. The highest BCUT2D eigenvalue weighted by atomic mass is 19.1. The van der Waals surface area contributed by atoms with E-state index in [2.05, 4.69) is 17.2 Å². The van der Waals surface area contributed by atoms with Gasteiger partial charge in [0.05, 0.1) is 17.5 Å². The van der Waals surface area contributed by atoms with E-state index in [0.717, 1.165) is 24.9 Å². The van der Waals surface area contributed by atoms with Crippen LogP contribution in [0.5, 0.6) is 0 Å². The lowest BCUT2D eigenvalue weighted by molar-refractivity contribution is -0.385. The van der Waals surface area contributed by atoms with Crippen LogP contribution in [-0.2, 0) is 13.1 Å². The summed E-state index contributed by atoms with van der Waals surface area (Å²) in [6.45, 7) is 3.29. The van der Waals surface area contributed by atoms with Crippen molar-refractivity contribution in [1.29, 1.82) is 0 Å². The quantitative estimate of drug-likeness (QED) is 0.651. The molecule has 1 aromatic heterocycles. The molecule has 6 nitrogen and oxygen atoms in total. The molecule has 1 N–H and O–H groups in total. The van der Waals surface area contributed by atoms with Gasteiger partial charge >= 0.3 is 0 Å². The predicted molar refractivity (Wildman–Crippen MR) is 72.9 cm³/mol. The maximum atomic E-state index is 13.3. The number of halogens is 1. The number of benzene rings is 1. The minimum Gasteiger partial charge on any atom is -0.378 e. The van der Waals surface area contributed by atoms with Crippen LogP contribution in [0.1, 0.15) is 19.2 Å². The van der Waals surface area contributed by atoms with Crippen molar-refractivity contribution in [3.63, 3.8) is 0 Å². The number of imidazole rings is 1. The summed E-state index contributed by atoms with van der Waals surface area (Å²) < 4.78 is 15.3. The molecule has 2 aromatic rings. The first kappa shape index (κ1) is 14.0. The van der Waals surface area contributed by atoms with Crippen molar-refractivity contribution in [2.75, 3.05) is 5.32 Å². The van der Waals surface area contributed by atoms with E-state index in [4.69, 9.17) is 0 Å². The fraction of sp³-hybridized carbons (Fsp3) is 0.308. The summed E-state index contributed by atoms with van der Waals surface area (Å²) in [5, 5.41) is 13.6. The van der Waals surface area contributed by atoms with E-state index in [9.17, 15) is 14.5 Å². The Bertz CT molecular complexity index is 612. The Kier molecular flexibility index (Phi) is 4.29. The third-order valence-electron chi connectivity index (χ3n) is 2.81. The Labute approximate surface area is 115 Å². The minimum absolute atomic E-state index is 0.274. The van der Waals surface area contributed by atoms with Crippen LogP contribution in [0.15, 0.2) is 30.6 Å². The van der Waals surface area contributed by atoms with E-state index in [1.165, 1.54) is 12.1 Å². The van der Waals surface area contributed by atoms with E-state index < -0.39 is 10.7 Å². The fourth-order valence-corrected chi connectivity index (χ4v) is 1.91. The van der Waals surface area contributed by atoms with Crippen molar-refractivity contribution in [2.45, 2.75) is 26.4 Å². The largest absolute Gasteiger partial charge is 0.378 e. The lowest BCUT2D eigenvalue weighted by Crippen LogP contribution is -2.08. The predicted octanol–water partition coefficient (Wildman–Crippen LogP) is 2.95. The molecule has 20 heavy (non-hydrogen) atoms. The summed E-state index contributed by atoms with van der Waals surface area (Å²) in [5.74, 6) is 0.164. The van der Waals surface area contributed by atoms with Gasteiger partial charge in [-0.2, -0.15) is 0 Å². The Hall–Kier alpha value is -2.44. The van der Waals surface area contributed by atoms with Gasteiger partial charge in [0.2, 0.25) is 0 Å². The summed E-state index contributed by atoms with van der Waals surface area (Å²) in [6.07, 6.45) is 4.55. The van der Waals surface area contributed by atoms with Gasteiger partial charge in [0.25, 0.3) is 5.69 Å². The van der Waals surface area contributed by atoms with Gasteiger partial charge in [-0.25, -0.2) is 9.37 Å². The molecule has 0 bridgehead atoms. The van der Waals surface area contributed by atoms with Gasteiger partial charge in [0, 0.05) is 30.7 Å². The van der Waals surface area contributed by atoms with Crippen molar-refractivity contribution in [2.24, 2.45) is 0 Å². The summed E-state index contributed by atoms with van der Waals surface area (Å²) >= 11 is 0. The molecule has 0 amide bonds. The standard InChI is InChI=1S/C13H15FN4O2/c1-2-4-17-5-3-15-13(17)9-16-11-6-10(14)7-12(8-11)18(19)20/h3,5-8,16H,2,4,9H2,1H3. The summed E-state index contributed by atoms with van der Waals surface area (Å²) in [5.41, 5.74) is 0.0900. The fourth-order valence-electron chi connectivity index (χ4n) is 1.91. The molecule has 0 spiro atoms. The van der Waals surface area contributed by atoms with Gasteiger partial charge in [-0.05, 0) is 12.5 Å². The van der Waals surface area contributed by atoms with Crippen LogP contribution < -0.4 is 5.32 Å². The van der Waals surface area contributed by atoms with Crippen LogP contribution >= 0.6 is 0 Å². The molecule has 0 aliphatic heterocycles. The molecule has 0 fully saturated rings. The van der Waals surface area contributed by atoms with Crippen LogP contribution in [0.2, 0.25) is 0 Å². The number of hydrogen-bond donors (Lipinski definition) is 1. The van der Waals surface area contributed by atoms with Crippen molar-refractivity contribution in [3.8, 4) is 0 Å². The molecule has 0 aliphatic rings. The normalized spacial score (nSPS) is 10.5. The van der Waals surface area contributed by atoms with E-state index in [1.807, 2.05) is 10.8 Å². The number of nitrogens with zero attached hydrogens (tertiary/aromatic N) is 3. The molecule has 0 atom stereocenters. The average Bonchev–Trinajstić information content (AvgIpc) is 2.83. The smallest absolute Gasteiger partial charge is 0.274 e. The Morgan fingerprint density at radius 2 is 2.25 bits per heavy atom. The maximum absolute atomic E-state index is 13.3. The van der Waals surface area contributed by atoms with E-state index in [1.54, 1.807) is 6.20 Å². The zero-order chi connectivity index (χ0) is 14.5. The van der Waals surface area contributed by atoms with E-state index in [-0.39, 0.29) is 5.69 Å². The number of hydrogen-bond acceptors (Lipinski definition) is 4. The number of nitro benzene ring substituents is 1. The topological polar surface area (TPSA) is 73.0 Å². The van der Waals surface area contributed by atoms with Gasteiger partial charge in [-0.15, -0.1) is 0 Å². The SMILES string of the molecule is CCCn1ccnc1CNc1cc(F)cc([N+](=O)[O-])c1. The van der Waals surface area contributed by atoms with Crippen LogP contribution in [0, 0.1) is 15.9 Å². The Morgan fingerprint density at radius 3 is 2.95 bits per heavy atom. The van der Waals surface area contributed by atoms with Crippen LogP contribution in [-0.4, -0.2) is 14.5 Å². The molecule has 1 aromatic carbocycles. The Balaban J connectivity index is 2.10. The maximum Gasteiger partial charge on any atom is 0.274 e. The number of nitro groups is 1. The highest BCUT2D eigenvalue weighted by molar-refractivity contribution is 5.51. The zero-order valence-corrected chi connectivity index (χ0v) is 11.0. The van der Waals surface area contributed by atoms with Gasteiger partial charge in [0.1, 0.15) is 11.6 Å². The molecular weight excluding hydrogens is 263 g/mol. The van der Waals surface area contributed by atoms with Crippen molar-refractivity contribution in [1.82, 2.24) is 9.55 Å². The first-order chi connectivity index (χ1) is 9.60. The number of non-ortho nitro benzene ring substituents is 1. The average molecular weight is 278 g/mol. The molecule has 2 rings (SSSR count). The Morgan fingerprint density at radius 1 is 1.45 bits per heavy atom. The number of rotatable bonds is 6. The van der Waals surface area contributed by atoms with Gasteiger partial charge in [-0.1, -0.05) is 6.92 Å². The molecule has 0 radical (unpaired) electrons. The number of aryl methyl sites for hydroxylation is 1. The molecule has 0 saturated heterocycles. The molecule has 7 heteroatoms. The monoisotopic (exact) mass is 278 g/mol. The van der Waals surface area contributed by atoms with Gasteiger partial charge in [0.15, 0.2) is 0 Å². The van der Waals surface area contributed by atoms with E-state index >= 15 is 0 Å². The number of anilines is 1. The molecular formula is C13H15FN4O2. The first-order valence-electron chi connectivity index (χ1n) is 6.29.